The van der Waals surface area contributed by atoms with Crippen molar-refractivity contribution >= 4 is 27.4 Å². The molecule has 4 rings (SSSR count). The number of anilines is 2. The van der Waals surface area contributed by atoms with Gasteiger partial charge in [0.05, 0.1) is 11.4 Å². The molecule has 2 heterocycles. The number of para-hydroxylation sites is 1. The molecule has 0 aliphatic carbocycles. The fourth-order valence-electron chi connectivity index (χ4n) is 3.15. The van der Waals surface area contributed by atoms with Gasteiger partial charge >= 0.3 is 6.03 Å². The summed E-state index contributed by atoms with van der Waals surface area (Å²) in [5.41, 5.74) is 2.28. The average molecular weight is 389 g/mol. The third-order valence-electron chi connectivity index (χ3n) is 4.46. The summed E-state index contributed by atoms with van der Waals surface area (Å²) in [6.07, 6.45) is 0.702. The van der Waals surface area contributed by atoms with Gasteiger partial charge in [-0.1, -0.05) is 18.2 Å². The summed E-state index contributed by atoms with van der Waals surface area (Å²) >= 11 is 0. The van der Waals surface area contributed by atoms with Gasteiger partial charge in [0.2, 0.25) is 16.8 Å². The van der Waals surface area contributed by atoms with Gasteiger partial charge in [0.1, 0.15) is 0 Å². The maximum absolute atomic E-state index is 12.6. The number of rotatable bonds is 5. The number of hydrogen-bond acceptors (Lipinski definition) is 5. The highest BCUT2D eigenvalue weighted by molar-refractivity contribution is 7.92. The van der Waals surface area contributed by atoms with E-state index in [-0.39, 0.29) is 19.1 Å². The standard InChI is InChI=1S/C18H19N3O5S/c22-18(20-14-5-6-16-17(11-14)26-12-25-16)19-8-10-27(23,24)21-9-7-13-3-1-2-4-15(13)21/h1-6,11H,7-10,12H2,(H2,19,20,22). The smallest absolute Gasteiger partial charge is 0.319 e. The molecule has 27 heavy (non-hydrogen) atoms. The van der Waals surface area contributed by atoms with Crippen molar-refractivity contribution in [3.63, 3.8) is 0 Å². The molecule has 2 N–H and O–H groups in total. The lowest BCUT2D eigenvalue weighted by atomic mass is 10.2. The number of urea groups is 1. The number of amides is 2. The summed E-state index contributed by atoms with van der Waals surface area (Å²) in [5.74, 6) is 1.01. The lowest BCUT2D eigenvalue weighted by Crippen LogP contribution is -2.38. The average Bonchev–Trinajstić information content (AvgIpc) is 3.28. The Balaban J connectivity index is 1.31. The number of carbonyl (C=O) groups excluding carboxylic acids is 1. The van der Waals surface area contributed by atoms with Crippen LogP contribution in [0, 0.1) is 0 Å². The summed E-state index contributed by atoms with van der Waals surface area (Å²) in [6.45, 7) is 0.602. The molecule has 0 fully saturated rings. The Kier molecular flexibility index (Phi) is 4.53. The molecule has 2 amide bonds. The number of ether oxygens (including phenoxy) is 2. The normalized spacial score (nSPS) is 14.7. The van der Waals surface area contributed by atoms with E-state index in [1.165, 1.54) is 4.31 Å². The van der Waals surface area contributed by atoms with E-state index in [0.29, 0.717) is 30.2 Å². The van der Waals surface area contributed by atoms with E-state index >= 15 is 0 Å². The van der Waals surface area contributed by atoms with E-state index in [4.69, 9.17) is 9.47 Å². The van der Waals surface area contributed by atoms with E-state index in [2.05, 4.69) is 10.6 Å². The third-order valence-corrected chi connectivity index (χ3v) is 6.23. The molecular formula is C18H19N3O5S. The SMILES string of the molecule is O=C(NCCS(=O)(=O)N1CCc2ccccc21)Nc1ccc2c(c1)OCO2. The molecule has 9 heteroatoms. The Morgan fingerprint density at radius 2 is 1.93 bits per heavy atom. The third kappa shape index (κ3) is 3.63. The molecule has 0 saturated carbocycles. The van der Waals surface area contributed by atoms with Crippen LogP contribution in [0.4, 0.5) is 16.2 Å². The Morgan fingerprint density at radius 1 is 1.11 bits per heavy atom. The summed E-state index contributed by atoms with van der Waals surface area (Å²) in [6, 6.07) is 12.0. The van der Waals surface area contributed by atoms with Gasteiger partial charge in [-0.15, -0.1) is 0 Å². The minimum absolute atomic E-state index is 0.0113. The fraction of sp³-hybridized carbons (Fsp3) is 0.278. The highest BCUT2D eigenvalue weighted by Gasteiger charge is 2.28. The number of sulfonamides is 1. The first-order valence-electron chi connectivity index (χ1n) is 8.56. The van der Waals surface area contributed by atoms with Gasteiger partial charge in [0, 0.05) is 24.8 Å². The van der Waals surface area contributed by atoms with Crippen LogP contribution in [0.25, 0.3) is 0 Å². The quantitative estimate of drug-likeness (QED) is 0.815. The molecule has 2 aliphatic rings. The van der Waals surface area contributed by atoms with Crippen LogP contribution in [0.5, 0.6) is 11.5 Å². The molecule has 2 aromatic rings. The molecule has 0 spiro atoms. The second-order valence-electron chi connectivity index (χ2n) is 6.22. The van der Waals surface area contributed by atoms with Crippen molar-refractivity contribution in [3.8, 4) is 11.5 Å². The zero-order valence-corrected chi connectivity index (χ0v) is 15.3. The van der Waals surface area contributed by atoms with Gasteiger partial charge in [-0.3, -0.25) is 4.31 Å². The van der Waals surface area contributed by atoms with Crippen LogP contribution in [-0.4, -0.2) is 40.1 Å². The first kappa shape index (κ1) is 17.5. The summed E-state index contributed by atoms with van der Waals surface area (Å²) in [5, 5.41) is 5.22. The van der Waals surface area contributed by atoms with E-state index < -0.39 is 16.1 Å². The Morgan fingerprint density at radius 3 is 2.81 bits per heavy atom. The molecule has 0 unspecified atom stereocenters. The van der Waals surface area contributed by atoms with Gasteiger partial charge in [0.25, 0.3) is 0 Å². The molecule has 8 nitrogen and oxygen atoms in total. The van der Waals surface area contributed by atoms with Crippen molar-refractivity contribution in [1.29, 1.82) is 0 Å². The lowest BCUT2D eigenvalue weighted by molar-refractivity contribution is 0.174. The largest absolute Gasteiger partial charge is 0.454 e. The molecule has 2 aromatic carbocycles. The number of nitrogens with one attached hydrogen (secondary N) is 2. The predicted molar refractivity (Wildman–Crippen MR) is 101 cm³/mol. The molecular weight excluding hydrogens is 370 g/mol. The van der Waals surface area contributed by atoms with E-state index in [1.54, 1.807) is 24.3 Å². The zero-order chi connectivity index (χ0) is 18.9. The van der Waals surface area contributed by atoms with Gasteiger partial charge in [-0.25, -0.2) is 13.2 Å². The van der Waals surface area contributed by atoms with E-state index in [1.807, 2.05) is 18.2 Å². The first-order chi connectivity index (χ1) is 13.0. The van der Waals surface area contributed by atoms with Crippen LogP contribution in [0.3, 0.4) is 0 Å². The maximum atomic E-state index is 12.6. The molecule has 2 aliphatic heterocycles. The number of hydrogen-bond donors (Lipinski definition) is 2. The Hall–Kier alpha value is -2.94. The Bertz CT molecular complexity index is 977. The van der Waals surface area contributed by atoms with Crippen LogP contribution < -0.4 is 24.4 Å². The highest BCUT2D eigenvalue weighted by atomic mass is 32.2. The molecule has 0 radical (unpaired) electrons. The molecule has 142 valence electrons. The minimum Gasteiger partial charge on any atom is -0.454 e. The minimum atomic E-state index is -3.50. The van der Waals surface area contributed by atoms with Crippen LogP contribution in [0.1, 0.15) is 5.56 Å². The molecule has 0 aromatic heterocycles. The summed E-state index contributed by atoms with van der Waals surface area (Å²) < 4.78 is 37.1. The van der Waals surface area contributed by atoms with E-state index in [9.17, 15) is 13.2 Å². The molecule has 0 bridgehead atoms. The zero-order valence-electron chi connectivity index (χ0n) is 14.5. The number of nitrogens with zero attached hydrogens (tertiary/aromatic N) is 1. The summed E-state index contributed by atoms with van der Waals surface area (Å²) in [7, 11) is -3.50. The number of fused-ring (bicyclic) bond motifs is 2. The van der Waals surface area contributed by atoms with Gasteiger partial charge in [0.15, 0.2) is 11.5 Å². The second kappa shape index (κ2) is 6.99. The first-order valence-corrected chi connectivity index (χ1v) is 10.2. The maximum Gasteiger partial charge on any atom is 0.319 e. The van der Waals surface area contributed by atoms with Crippen molar-refractivity contribution in [2.24, 2.45) is 0 Å². The van der Waals surface area contributed by atoms with Crippen molar-refractivity contribution in [2.75, 3.05) is 35.3 Å². The molecule has 0 atom stereocenters. The number of benzene rings is 2. The predicted octanol–water partition coefficient (Wildman–Crippen LogP) is 1.93. The summed E-state index contributed by atoms with van der Waals surface area (Å²) in [4.78, 5) is 12.0. The monoisotopic (exact) mass is 389 g/mol. The van der Waals surface area contributed by atoms with Gasteiger partial charge < -0.3 is 20.1 Å². The fourth-order valence-corrected chi connectivity index (χ4v) is 4.58. The Labute approximate surface area is 157 Å². The van der Waals surface area contributed by atoms with Crippen molar-refractivity contribution in [2.45, 2.75) is 6.42 Å². The highest BCUT2D eigenvalue weighted by Crippen LogP contribution is 2.34. The number of carbonyl (C=O) groups is 1. The van der Waals surface area contributed by atoms with Crippen LogP contribution >= 0.6 is 0 Å². The van der Waals surface area contributed by atoms with Gasteiger partial charge in [-0.05, 0) is 30.2 Å². The topological polar surface area (TPSA) is 97.0 Å². The van der Waals surface area contributed by atoms with Crippen LogP contribution in [0.2, 0.25) is 0 Å². The second-order valence-corrected chi connectivity index (χ2v) is 8.23. The van der Waals surface area contributed by atoms with E-state index in [0.717, 1.165) is 11.3 Å². The molecule has 0 saturated heterocycles. The van der Waals surface area contributed by atoms with Gasteiger partial charge in [-0.2, -0.15) is 0 Å². The van der Waals surface area contributed by atoms with Crippen molar-refractivity contribution < 1.29 is 22.7 Å². The van der Waals surface area contributed by atoms with Crippen molar-refractivity contribution in [3.05, 3.63) is 48.0 Å². The van der Waals surface area contributed by atoms with Crippen LogP contribution in [-0.2, 0) is 16.4 Å². The van der Waals surface area contributed by atoms with Crippen molar-refractivity contribution in [1.82, 2.24) is 5.32 Å². The lowest BCUT2D eigenvalue weighted by Gasteiger charge is -2.19. The van der Waals surface area contributed by atoms with Crippen LogP contribution in [0.15, 0.2) is 42.5 Å².